The molecule has 0 heterocycles. The van der Waals surface area contributed by atoms with E-state index in [0.29, 0.717) is 24.2 Å². The van der Waals surface area contributed by atoms with Crippen LogP contribution >= 0.6 is 0 Å². The number of ketones is 3. The number of carbonyl (C=O) groups excluding carboxylic acids is 3. The summed E-state index contributed by atoms with van der Waals surface area (Å²) in [7, 11) is 3.23. The minimum Gasteiger partial charge on any atom is -0.508 e. The molecule has 1 aromatic rings. The predicted octanol–water partition coefficient (Wildman–Crippen LogP) is 1.12. The Kier molecular flexibility index (Phi) is 6.14. The van der Waals surface area contributed by atoms with Crippen LogP contribution in [0.2, 0.25) is 0 Å². The first kappa shape index (κ1) is 24.1. The molecule has 182 valence electrons. The quantitative estimate of drug-likeness (QED) is 0.354. The van der Waals surface area contributed by atoms with Gasteiger partial charge >= 0.3 is 0 Å². The molecule has 1 fully saturated rings. The molecule has 0 bridgehead atoms. The van der Waals surface area contributed by atoms with Crippen LogP contribution in [0.15, 0.2) is 35.1 Å². The second-order valence-corrected chi connectivity index (χ2v) is 9.37. The van der Waals surface area contributed by atoms with E-state index in [2.05, 4.69) is 0 Å². The van der Waals surface area contributed by atoms with E-state index in [1.807, 2.05) is 6.07 Å². The molecule has 1 saturated carbocycles. The Labute approximate surface area is 197 Å². The van der Waals surface area contributed by atoms with E-state index in [0.717, 1.165) is 12.5 Å². The highest BCUT2D eigenvalue weighted by molar-refractivity contribution is 6.25. The molecule has 0 amide bonds. The van der Waals surface area contributed by atoms with Crippen molar-refractivity contribution in [1.29, 1.82) is 0 Å². The molecule has 4 rings (SSSR count). The minimum absolute atomic E-state index is 0.0502. The van der Waals surface area contributed by atoms with Gasteiger partial charge in [-0.1, -0.05) is 12.1 Å². The molecule has 0 aliphatic heterocycles. The van der Waals surface area contributed by atoms with Crippen molar-refractivity contribution in [3.05, 3.63) is 46.2 Å². The predicted molar refractivity (Wildman–Crippen MR) is 121 cm³/mol. The van der Waals surface area contributed by atoms with Crippen LogP contribution < -0.4 is 4.74 Å². The van der Waals surface area contributed by atoms with E-state index in [4.69, 9.17) is 9.84 Å². The average Bonchev–Trinajstić information content (AvgIpc) is 2.76. The zero-order valence-corrected chi connectivity index (χ0v) is 19.4. The van der Waals surface area contributed by atoms with Crippen LogP contribution in [0.5, 0.6) is 5.75 Å². The van der Waals surface area contributed by atoms with Crippen LogP contribution in [0.1, 0.15) is 30.9 Å². The fraction of sp³-hybridized carbons (Fsp3) is 0.480. The topological polar surface area (TPSA) is 145 Å². The maximum atomic E-state index is 13.8. The summed E-state index contributed by atoms with van der Waals surface area (Å²) in [4.78, 5) is 40.7. The normalized spacial score (nSPS) is 28.6. The van der Waals surface area contributed by atoms with Crippen molar-refractivity contribution in [3.63, 3.8) is 0 Å². The van der Waals surface area contributed by atoms with Crippen LogP contribution in [0.4, 0.5) is 0 Å². The van der Waals surface area contributed by atoms with Crippen molar-refractivity contribution >= 4 is 23.1 Å². The first-order valence-electron chi connectivity index (χ1n) is 11.3. The summed E-state index contributed by atoms with van der Waals surface area (Å²) in [6, 6.07) is 4.23. The first-order chi connectivity index (χ1) is 16.0. The fourth-order valence-electron chi connectivity index (χ4n) is 5.64. The highest BCUT2D eigenvalue weighted by atomic mass is 16.5. The van der Waals surface area contributed by atoms with Gasteiger partial charge < -0.3 is 25.2 Å². The van der Waals surface area contributed by atoms with Gasteiger partial charge in [-0.25, -0.2) is 0 Å². The number of rotatable bonds is 6. The molecule has 4 atom stereocenters. The summed E-state index contributed by atoms with van der Waals surface area (Å²) in [6.07, 6.45) is 0.888. The minimum atomic E-state index is -2.52. The lowest BCUT2D eigenvalue weighted by Gasteiger charge is -2.50. The van der Waals surface area contributed by atoms with Gasteiger partial charge in [-0.3, -0.25) is 19.3 Å². The molecule has 3 aliphatic rings. The Balaban J connectivity index is 1.89. The molecule has 0 unspecified atom stereocenters. The van der Waals surface area contributed by atoms with Crippen molar-refractivity contribution in [1.82, 2.24) is 4.90 Å². The number of Topliss-reactive ketones (excluding diaryl/α,β-unsaturated/α-hetero) is 3. The lowest BCUT2D eigenvalue weighted by Crippen LogP contribution is -2.65. The Morgan fingerprint density at radius 2 is 1.94 bits per heavy atom. The van der Waals surface area contributed by atoms with Gasteiger partial charge in [-0.15, -0.1) is 0 Å². The van der Waals surface area contributed by atoms with Crippen molar-refractivity contribution in [2.75, 3.05) is 27.3 Å². The SMILES string of the molecule is CC(=O)C1=C(O)[C@@]2(O)C(=O)C3=C(O)c4c(cccc4OCCCO)C[C@H]3C[C@H]2[C@H](N(C)C)C1=O. The lowest BCUT2D eigenvalue weighted by molar-refractivity contribution is -0.153. The van der Waals surface area contributed by atoms with Crippen molar-refractivity contribution in [3.8, 4) is 5.75 Å². The second-order valence-electron chi connectivity index (χ2n) is 9.37. The number of likely N-dealkylation sites (N-methyl/N-ethyl adjacent to an activating group) is 1. The first-order valence-corrected chi connectivity index (χ1v) is 11.3. The van der Waals surface area contributed by atoms with Crippen LogP contribution in [0, 0.1) is 11.8 Å². The Morgan fingerprint density at radius 3 is 2.56 bits per heavy atom. The second kappa shape index (κ2) is 8.65. The van der Waals surface area contributed by atoms with Crippen molar-refractivity contribution < 1.29 is 39.5 Å². The molecule has 0 spiro atoms. The summed E-state index contributed by atoms with van der Waals surface area (Å²) in [6.45, 7) is 1.24. The largest absolute Gasteiger partial charge is 0.508 e. The summed E-state index contributed by atoms with van der Waals surface area (Å²) < 4.78 is 5.71. The number of hydrogen-bond acceptors (Lipinski definition) is 9. The standard InChI is InChI=1S/C25H29NO8/c1-12(28)17-22(30)20(26(2)3)15-11-14-10-13-6-4-7-16(34-9-5-8-27)18(13)21(29)19(14)24(32)25(15,33)23(17)31/h4,6-7,14-15,20,27,29,31,33H,5,8-11H2,1-3H3/t14-,15-,20-,25+/m0/s1. The average molecular weight is 472 g/mol. The van der Waals surface area contributed by atoms with Gasteiger partial charge in [0, 0.05) is 24.5 Å². The van der Waals surface area contributed by atoms with Crippen LogP contribution in [0.3, 0.4) is 0 Å². The number of carbonyl (C=O) groups is 3. The highest BCUT2D eigenvalue weighted by Gasteiger charge is 2.63. The molecule has 9 nitrogen and oxygen atoms in total. The van der Waals surface area contributed by atoms with Gasteiger partial charge in [-0.05, 0) is 51.4 Å². The van der Waals surface area contributed by atoms with Crippen molar-refractivity contribution in [2.24, 2.45) is 11.8 Å². The molecule has 34 heavy (non-hydrogen) atoms. The zero-order valence-electron chi connectivity index (χ0n) is 19.4. The van der Waals surface area contributed by atoms with E-state index in [9.17, 15) is 29.7 Å². The molecule has 0 saturated heterocycles. The van der Waals surface area contributed by atoms with Crippen LogP contribution in [-0.2, 0) is 20.8 Å². The lowest BCUT2D eigenvalue weighted by atomic mass is 9.57. The summed E-state index contributed by atoms with van der Waals surface area (Å²) in [5.74, 6) is -4.76. The van der Waals surface area contributed by atoms with E-state index in [1.54, 1.807) is 31.1 Å². The Hall–Kier alpha value is -3.01. The fourth-order valence-corrected chi connectivity index (χ4v) is 5.64. The van der Waals surface area contributed by atoms with Gasteiger partial charge in [0.2, 0.25) is 5.78 Å². The number of nitrogens with zero attached hydrogens (tertiary/aromatic N) is 1. The van der Waals surface area contributed by atoms with E-state index >= 15 is 0 Å². The van der Waals surface area contributed by atoms with E-state index < -0.39 is 52.2 Å². The number of benzene rings is 1. The maximum absolute atomic E-state index is 13.8. The molecule has 3 aliphatic carbocycles. The maximum Gasteiger partial charge on any atom is 0.202 e. The van der Waals surface area contributed by atoms with Crippen molar-refractivity contribution in [2.45, 2.75) is 37.8 Å². The van der Waals surface area contributed by atoms with Gasteiger partial charge in [0.15, 0.2) is 17.2 Å². The van der Waals surface area contributed by atoms with E-state index in [-0.39, 0.29) is 31.0 Å². The third kappa shape index (κ3) is 3.38. The third-order valence-corrected chi connectivity index (χ3v) is 7.11. The summed E-state index contributed by atoms with van der Waals surface area (Å²) in [5.41, 5.74) is -2.08. The number of fused-ring (bicyclic) bond motifs is 3. The monoisotopic (exact) mass is 471 g/mol. The number of hydrogen-bond donors (Lipinski definition) is 4. The molecular weight excluding hydrogens is 442 g/mol. The van der Waals surface area contributed by atoms with E-state index in [1.165, 1.54) is 0 Å². The number of aliphatic hydroxyl groups excluding tert-OH is 3. The van der Waals surface area contributed by atoms with Crippen LogP contribution in [-0.4, -0.2) is 81.6 Å². The smallest absolute Gasteiger partial charge is 0.202 e. The molecular formula is C25H29NO8. The van der Waals surface area contributed by atoms with Gasteiger partial charge in [0.25, 0.3) is 0 Å². The zero-order chi connectivity index (χ0) is 24.9. The van der Waals surface area contributed by atoms with Crippen LogP contribution in [0.25, 0.3) is 5.76 Å². The number of ether oxygens (including phenoxy) is 1. The summed E-state index contributed by atoms with van der Waals surface area (Å²) in [5, 5.41) is 42.8. The molecule has 0 radical (unpaired) electrons. The summed E-state index contributed by atoms with van der Waals surface area (Å²) >= 11 is 0. The Bertz CT molecular complexity index is 1130. The van der Waals surface area contributed by atoms with Gasteiger partial charge in [-0.2, -0.15) is 0 Å². The molecule has 1 aromatic carbocycles. The highest BCUT2D eigenvalue weighted by Crippen LogP contribution is 2.52. The third-order valence-electron chi connectivity index (χ3n) is 7.11. The van der Waals surface area contributed by atoms with Gasteiger partial charge in [0.05, 0.1) is 18.2 Å². The number of aliphatic hydroxyl groups is 4. The molecule has 4 N–H and O–H groups in total. The molecule has 9 heteroatoms. The van der Waals surface area contributed by atoms with Gasteiger partial charge in [0.1, 0.15) is 22.8 Å². The molecule has 0 aromatic heterocycles. The Morgan fingerprint density at radius 1 is 1.24 bits per heavy atom.